The maximum Gasteiger partial charge on any atom is 0.315 e. The quantitative estimate of drug-likeness (QED) is 0.577. The van der Waals surface area contributed by atoms with Gasteiger partial charge in [-0.2, -0.15) is 0 Å². The Labute approximate surface area is 108 Å². The Balaban J connectivity index is 4.23. The molecule has 0 saturated carbocycles. The largest absolute Gasteiger partial charge is 0.481 e. The Morgan fingerprint density at radius 2 is 1.89 bits per heavy atom. The molecule has 5 heteroatoms. The molecule has 2 atom stereocenters. The molecule has 0 saturated heterocycles. The molecule has 0 aromatic rings. The maximum absolute atomic E-state index is 11.7. The van der Waals surface area contributed by atoms with Crippen LogP contribution in [0.4, 0.5) is 4.79 Å². The zero-order valence-corrected chi connectivity index (χ0v) is 11.0. The Bertz CT molecular complexity index is 310. The standard InChI is InChI=1S/C13H22N2O3/c1-4-7-10(6-3)14-13(18)15-11(8-5-2)9-12(16)17/h1,10-11H,5-9H2,2-3H3,(H,16,17)(H2,14,15,18). The van der Waals surface area contributed by atoms with Gasteiger partial charge >= 0.3 is 12.0 Å². The number of hydrogen-bond acceptors (Lipinski definition) is 2. The first-order chi connectivity index (χ1) is 8.53. The van der Waals surface area contributed by atoms with Crippen molar-refractivity contribution in [2.45, 2.75) is 58.0 Å². The third-order valence-corrected chi connectivity index (χ3v) is 2.59. The number of hydrogen-bond donors (Lipinski definition) is 3. The van der Waals surface area contributed by atoms with Crippen LogP contribution in [0, 0.1) is 12.3 Å². The zero-order valence-electron chi connectivity index (χ0n) is 11.0. The molecule has 0 aromatic carbocycles. The molecule has 0 aromatic heterocycles. The number of carboxylic acid groups (broad SMARTS) is 1. The molecule has 2 amide bonds. The average molecular weight is 254 g/mol. The fraction of sp³-hybridized carbons (Fsp3) is 0.692. The molecule has 2 unspecified atom stereocenters. The summed E-state index contributed by atoms with van der Waals surface area (Å²) >= 11 is 0. The van der Waals surface area contributed by atoms with Crippen LogP contribution in [0.1, 0.15) is 46.0 Å². The predicted octanol–water partition coefficient (Wildman–Crippen LogP) is 1.73. The Morgan fingerprint density at radius 3 is 2.33 bits per heavy atom. The maximum atomic E-state index is 11.7. The van der Waals surface area contributed by atoms with E-state index in [0.717, 1.165) is 12.8 Å². The fourth-order valence-corrected chi connectivity index (χ4v) is 1.64. The van der Waals surface area contributed by atoms with E-state index in [1.807, 2.05) is 13.8 Å². The molecule has 0 spiro atoms. The molecule has 0 radical (unpaired) electrons. The van der Waals surface area contributed by atoms with Gasteiger partial charge in [-0.05, 0) is 12.8 Å². The number of carboxylic acids is 1. The van der Waals surface area contributed by atoms with Gasteiger partial charge < -0.3 is 15.7 Å². The summed E-state index contributed by atoms with van der Waals surface area (Å²) in [6.45, 7) is 3.88. The van der Waals surface area contributed by atoms with Crippen molar-refractivity contribution in [3.63, 3.8) is 0 Å². The summed E-state index contributed by atoms with van der Waals surface area (Å²) in [5.41, 5.74) is 0. The van der Waals surface area contributed by atoms with Crippen molar-refractivity contribution in [2.75, 3.05) is 0 Å². The third-order valence-electron chi connectivity index (χ3n) is 2.59. The Hall–Kier alpha value is -1.70. The van der Waals surface area contributed by atoms with Crippen molar-refractivity contribution < 1.29 is 14.7 Å². The Kier molecular flexibility index (Phi) is 8.46. The first-order valence-electron chi connectivity index (χ1n) is 6.25. The minimum Gasteiger partial charge on any atom is -0.481 e. The first kappa shape index (κ1) is 16.3. The number of carbonyl (C=O) groups excluding carboxylic acids is 1. The second-order valence-corrected chi connectivity index (χ2v) is 4.21. The SMILES string of the molecule is C#CCC(CC)NC(=O)NC(CCC)CC(=O)O. The number of carbonyl (C=O) groups is 2. The van der Waals surface area contributed by atoms with Gasteiger partial charge in [0.1, 0.15) is 0 Å². The molecule has 0 heterocycles. The van der Waals surface area contributed by atoms with Crippen molar-refractivity contribution in [3.8, 4) is 12.3 Å². The van der Waals surface area contributed by atoms with Crippen molar-refractivity contribution >= 4 is 12.0 Å². The molecule has 0 aliphatic carbocycles. The lowest BCUT2D eigenvalue weighted by atomic mass is 10.1. The monoisotopic (exact) mass is 254 g/mol. The van der Waals surface area contributed by atoms with E-state index in [0.29, 0.717) is 12.8 Å². The summed E-state index contributed by atoms with van der Waals surface area (Å²) in [6.07, 6.45) is 7.82. The van der Waals surface area contributed by atoms with Crippen LogP contribution in [0.2, 0.25) is 0 Å². The number of terminal acetylenes is 1. The van der Waals surface area contributed by atoms with Gasteiger partial charge in [-0.15, -0.1) is 12.3 Å². The van der Waals surface area contributed by atoms with Crippen LogP contribution in [-0.2, 0) is 4.79 Å². The number of amides is 2. The van der Waals surface area contributed by atoms with Gasteiger partial charge in [0.15, 0.2) is 0 Å². The van der Waals surface area contributed by atoms with Crippen LogP contribution in [-0.4, -0.2) is 29.2 Å². The minimum atomic E-state index is -0.913. The van der Waals surface area contributed by atoms with Crippen LogP contribution in [0.25, 0.3) is 0 Å². The van der Waals surface area contributed by atoms with Crippen LogP contribution < -0.4 is 10.6 Å². The highest BCUT2D eigenvalue weighted by Gasteiger charge is 2.16. The highest BCUT2D eigenvalue weighted by atomic mass is 16.4. The van der Waals surface area contributed by atoms with Crippen LogP contribution in [0.5, 0.6) is 0 Å². The molecule has 0 aliphatic heterocycles. The Morgan fingerprint density at radius 1 is 1.28 bits per heavy atom. The highest BCUT2D eigenvalue weighted by Crippen LogP contribution is 2.02. The van der Waals surface area contributed by atoms with Gasteiger partial charge in [0.05, 0.1) is 6.42 Å². The lowest BCUT2D eigenvalue weighted by Crippen LogP contribution is -2.46. The van der Waals surface area contributed by atoms with E-state index < -0.39 is 5.97 Å². The number of rotatable bonds is 8. The van der Waals surface area contributed by atoms with E-state index in [1.165, 1.54) is 0 Å². The van der Waals surface area contributed by atoms with Crippen molar-refractivity contribution in [2.24, 2.45) is 0 Å². The van der Waals surface area contributed by atoms with Crippen molar-refractivity contribution in [1.29, 1.82) is 0 Å². The van der Waals surface area contributed by atoms with E-state index in [4.69, 9.17) is 11.5 Å². The van der Waals surface area contributed by atoms with Gasteiger partial charge in [0.25, 0.3) is 0 Å². The predicted molar refractivity (Wildman–Crippen MR) is 70.1 cm³/mol. The molecule has 5 nitrogen and oxygen atoms in total. The van der Waals surface area contributed by atoms with Gasteiger partial charge in [-0.3, -0.25) is 4.79 Å². The topological polar surface area (TPSA) is 78.4 Å². The molecule has 102 valence electrons. The first-order valence-corrected chi connectivity index (χ1v) is 6.25. The second kappa shape index (κ2) is 9.34. The van der Waals surface area contributed by atoms with Gasteiger partial charge in [0.2, 0.25) is 0 Å². The zero-order chi connectivity index (χ0) is 14.0. The number of nitrogens with one attached hydrogen (secondary N) is 2. The molecule has 0 aliphatic rings. The van der Waals surface area contributed by atoms with E-state index >= 15 is 0 Å². The lowest BCUT2D eigenvalue weighted by molar-refractivity contribution is -0.137. The van der Waals surface area contributed by atoms with E-state index in [9.17, 15) is 9.59 Å². The molecular weight excluding hydrogens is 232 g/mol. The number of aliphatic carboxylic acids is 1. The average Bonchev–Trinajstić information content (AvgIpc) is 2.27. The van der Waals surface area contributed by atoms with E-state index in [1.54, 1.807) is 0 Å². The summed E-state index contributed by atoms with van der Waals surface area (Å²) in [4.78, 5) is 22.3. The van der Waals surface area contributed by atoms with Gasteiger partial charge in [-0.1, -0.05) is 20.3 Å². The molecule has 0 bridgehead atoms. The molecule has 18 heavy (non-hydrogen) atoms. The summed E-state index contributed by atoms with van der Waals surface area (Å²) < 4.78 is 0. The second-order valence-electron chi connectivity index (χ2n) is 4.21. The van der Waals surface area contributed by atoms with Crippen LogP contribution in [0.15, 0.2) is 0 Å². The molecule has 0 rings (SSSR count). The fourth-order valence-electron chi connectivity index (χ4n) is 1.64. The summed E-state index contributed by atoms with van der Waals surface area (Å²) in [5, 5.41) is 14.2. The summed E-state index contributed by atoms with van der Waals surface area (Å²) in [5.74, 6) is 1.59. The minimum absolute atomic E-state index is 0.0623. The number of urea groups is 1. The normalized spacial score (nSPS) is 13.2. The van der Waals surface area contributed by atoms with E-state index in [-0.39, 0.29) is 24.5 Å². The summed E-state index contributed by atoms with van der Waals surface area (Å²) in [6, 6.07) is -0.755. The summed E-state index contributed by atoms with van der Waals surface area (Å²) in [7, 11) is 0. The molecule has 3 N–H and O–H groups in total. The lowest BCUT2D eigenvalue weighted by Gasteiger charge is -2.19. The molecular formula is C13H22N2O3. The van der Waals surface area contributed by atoms with Gasteiger partial charge in [0, 0.05) is 18.5 Å². The van der Waals surface area contributed by atoms with Crippen molar-refractivity contribution in [1.82, 2.24) is 10.6 Å². The van der Waals surface area contributed by atoms with Crippen LogP contribution in [0.3, 0.4) is 0 Å². The highest BCUT2D eigenvalue weighted by molar-refractivity contribution is 5.76. The molecule has 0 fully saturated rings. The smallest absolute Gasteiger partial charge is 0.315 e. The van der Waals surface area contributed by atoms with Crippen LogP contribution >= 0.6 is 0 Å². The van der Waals surface area contributed by atoms with Gasteiger partial charge in [-0.25, -0.2) is 4.79 Å². The van der Waals surface area contributed by atoms with E-state index in [2.05, 4.69) is 16.6 Å². The van der Waals surface area contributed by atoms with Crippen molar-refractivity contribution in [3.05, 3.63) is 0 Å². The third kappa shape index (κ3) is 7.55.